The fourth-order valence-corrected chi connectivity index (χ4v) is 2.81. The van der Waals surface area contributed by atoms with Crippen LogP contribution >= 0.6 is 39.0 Å². The smallest absolute Gasteiger partial charge is 0.191 e. The van der Waals surface area contributed by atoms with Gasteiger partial charge < -0.3 is 10.6 Å². The topological polar surface area (TPSA) is 36.4 Å². The summed E-state index contributed by atoms with van der Waals surface area (Å²) in [5, 5.41) is 8.75. The lowest BCUT2D eigenvalue weighted by Gasteiger charge is -2.23. The first kappa shape index (κ1) is 15.9. The van der Waals surface area contributed by atoms with E-state index in [1.807, 2.05) is 11.8 Å². The standard InChI is InChI=1S/C12H20BrN3S2/c1-12(2,17-4)8-16-11(14-3)15-6-10-5-9(13)7-18-10/h5,7H,6,8H2,1-4H3,(H2,14,15,16). The third kappa shape index (κ3) is 5.63. The third-order valence-electron chi connectivity index (χ3n) is 2.51. The molecule has 0 spiro atoms. The Morgan fingerprint density at radius 2 is 2.22 bits per heavy atom. The predicted molar refractivity (Wildman–Crippen MR) is 87.8 cm³/mol. The summed E-state index contributed by atoms with van der Waals surface area (Å²) in [4.78, 5) is 5.51. The zero-order valence-electron chi connectivity index (χ0n) is 11.2. The van der Waals surface area contributed by atoms with Crippen LogP contribution in [-0.2, 0) is 6.54 Å². The van der Waals surface area contributed by atoms with Gasteiger partial charge in [0.15, 0.2) is 5.96 Å². The molecule has 0 aromatic carbocycles. The van der Waals surface area contributed by atoms with Crippen LogP contribution in [-0.4, -0.2) is 30.6 Å². The van der Waals surface area contributed by atoms with E-state index in [4.69, 9.17) is 0 Å². The molecular weight excluding hydrogens is 330 g/mol. The number of thiophene rings is 1. The van der Waals surface area contributed by atoms with Crippen molar-refractivity contribution in [3.63, 3.8) is 0 Å². The Labute approximate surface area is 126 Å². The number of thioether (sulfide) groups is 1. The summed E-state index contributed by atoms with van der Waals surface area (Å²) in [6, 6.07) is 2.12. The van der Waals surface area contributed by atoms with E-state index in [1.165, 1.54) is 4.88 Å². The number of hydrogen-bond donors (Lipinski definition) is 2. The van der Waals surface area contributed by atoms with Crippen LogP contribution in [0.5, 0.6) is 0 Å². The summed E-state index contributed by atoms with van der Waals surface area (Å²) < 4.78 is 1.35. The lowest BCUT2D eigenvalue weighted by Crippen LogP contribution is -2.42. The van der Waals surface area contributed by atoms with E-state index < -0.39 is 0 Å². The first-order chi connectivity index (χ1) is 8.46. The second-order valence-corrected chi connectivity index (χ2v) is 7.90. The number of hydrogen-bond acceptors (Lipinski definition) is 3. The van der Waals surface area contributed by atoms with Crippen LogP contribution in [0.2, 0.25) is 0 Å². The molecule has 6 heteroatoms. The minimum absolute atomic E-state index is 0.212. The Bertz CT molecular complexity index is 402. The number of nitrogens with one attached hydrogen (secondary N) is 2. The molecule has 0 fully saturated rings. The van der Waals surface area contributed by atoms with Gasteiger partial charge in [-0.25, -0.2) is 0 Å². The highest BCUT2D eigenvalue weighted by molar-refractivity contribution is 9.10. The molecule has 1 rings (SSSR count). The van der Waals surface area contributed by atoms with Crippen LogP contribution < -0.4 is 10.6 Å². The average molecular weight is 350 g/mol. The van der Waals surface area contributed by atoms with Crippen molar-refractivity contribution in [2.24, 2.45) is 4.99 Å². The molecule has 0 atom stereocenters. The first-order valence-corrected chi connectivity index (χ1v) is 8.59. The van der Waals surface area contributed by atoms with Crippen LogP contribution in [0.25, 0.3) is 0 Å². The number of rotatable bonds is 5. The van der Waals surface area contributed by atoms with Gasteiger partial charge in [0.05, 0.1) is 6.54 Å². The second kappa shape index (κ2) is 7.40. The van der Waals surface area contributed by atoms with Gasteiger partial charge in [0.1, 0.15) is 0 Å². The van der Waals surface area contributed by atoms with E-state index in [1.54, 1.807) is 18.4 Å². The number of guanidine groups is 1. The summed E-state index contributed by atoms with van der Waals surface area (Å²) in [5.74, 6) is 0.849. The number of aliphatic imine (C=N–C) groups is 1. The van der Waals surface area contributed by atoms with Crippen LogP contribution in [0.1, 0.15) is 18.7 Å². The summed E-state index contributed by atoms with van der Waals surface area (Å²) in [6.45, 7) is 6.13. The van der Waals surface area contributed by atoms with Crippen molar-refractivity contribution < 1.29 is 0 Å². The largest absolute Gasteiger partial charge is 0.355 e. The van der Waals surface area contributed by atoms with Crippen molar-refractivity contribution in [2.75, 3.05) is 19.8 Å². The summed E-state index contributed by atoms with van der Waals surface area (Å²) in [7, 11) is 1.80. The average Bonchev–Trinajstić information content (AvgIpc) is 2.75. The van der Waals surface area contributed by atoms with Crippen LogP contribution in [0.3, 0.4) is 0 Å². The molecule has 102 valence electrons. The molecule has 0 aliphatic heterocycles. The first-order valence-electron chi connectivity index (χ1n) is 5.69. The molecular formula is C12H20BrN3S2. The van der Waals surface area contributed by atoms with Gasteiger partial charge in [-0.05, 0) is 42.1 Å². The fourth-order valence-electron chi connectivity index (χ4n) is 1.21. The lowest BCUT2D eigenvalue weighted by molar-refractivity contribution is 0.665. The van der Waals surface area contributed by atoms with Gasteiger partial charge in [-0.1, -0.05) is 0 Å². The van der Waals surface area contributed by atoms with E-state index in [2.05, 4.69) is 63.1 Å². The molecule has 0 saturated carbocycles. The highest BCUT2D eigenvalue weighted by Crippen LogP contribution is 2.20. The Hall–Kier alpha value is -0.200. The SMILES string of the molecule is CN=C(NCc1cc(Br)cs1)NCC(C)(C)SC. The molecule has 0 aliphatic carbocycles. The second-order valence-electron chi connectivity index (χ2n) is 4.47. The Kier molecular flexibility index (Phi) is 6.52. The predicted octanol–water partition coefficient (Wildman–Crippen LogP) is 3.32. The molecule has 1 heterocycles. The monoisotopic (exact) mass is 349 g/mol. The molecule has 18 heavy (non-hydrogen) atoms. The summed E-state index contributed by atoms with van der Waals surface area (Å²) in [6.07, 6.45) is 2.13. The van der Waals surface area contributed by atoms with Gasteiger partial charge >= 0.3 is 0 Å². The normalized spacial score (nSPS) is 12.6. The van der Waals surface area contributed by atoms with Gasteiger partial charge in [-0.3, -0.25) is 4.99 Å². The van der Waals surface area contributed by atoms with Crippen LogP contribution in [0, 0.1) is 0 Å². The molecule has 3 nitrogen and oxygen atoms in total. The van der Waals surface area contributed by atoms with Crippen molar-refractivity contribution in [3.8, 4) is 0 Å². The summed E-state index contributed by atoms with van der Waals surface area (Å²) >= 11 is 7.04. The molecule has 0 saturated heterocycles. The van der Waals surface area contributed by atoms with Gasteiger partial charge in [-0.15, -0.1) is 11.3 Å². The van der Waals surface area contributed by atoms with Gasteiger partial charge in [0.2, 0.25) is 0 Å². The van der Waals surface area contributed by atoms with E-state index in [-0.39, 0.29) is 4.75 Å². The molecule has 0 bridgehead atoms. The molecule has 1 aromatic rings. The zero-order valence-corrected chi connectivity index (χ0v) is 14.4. The van der Waals surface area contributed by atoms with Crippen molar-refractivity contribution in [1.82, 2.24) is 10.6 Å². The quantitative estimate of drug-likeness (QED) is 0.632. The maximum absolute atomic E-state index is 4.23. The summed E-state index contributed by atoms with van der Waals surface area (Å²) in [5.41, 5.74) is 0. The van der Waals surface area contributed by atoms with Gasteiger partial charge in [0, 0.05) is 33.1 Å². The van der Waals surface area contributed by atoms with Crippen molar-refractivity contribution in [1.29, 1.82) is 0 Å². The number of nitrogens with zero attached hydrogens (tertiary/aromatic N) is 1. The maximum Gasteiger partial charge on any atom is 0.191 e. The molecule has 2 N–H and O–H groups in total. The lowest BCUT2D eigenvalue weighted by atomic mass is 10.2. The van der Waals surface area contributed by atoms with Crippen LogP contribution in [0.15, 0.2) is 20.9 Å². The van der Waals surface area contributed by atoms with Crippen molar-refractivity contribution >= 4 is 45.0 Å². The highest BCUT2D eigenvalue weighted by atomic mass is 79.9. The maximum atomic E-state index is 4.23. The zero-order chi connectivity index (χ0) is 13.6. The Balaban J connectivity index is 2.39. The van der Waals surface area contributed by atoms with E-state index in [0.717, 1.165) is 23.5 Å². The number of halogens is 1. The van der Waals surface area contributed by atoms with E-state index >= 15 is 0 Å². The van der Waals surface area contributed by atoms with Crippen molar-refractivity contribution in [3.05, 3.63) is 20.8 Å². The van der Waals surface area contributed by atoms with E-state index in [9.17, 15) is 0 Å². The van der Waals surface area contributed by atoms with Crippen LogP contribution in [0.4, 0.5) is 0 Å². The Morgan fingerprint density at radius 1 is 1.50 bits per heavy atom. The molecule has 0 amide bonds. The molecule has 1 aromatic heterocycles. The fraction of sp³-hybridized carbons (Fsp3) is 0.583. The van der Waals surface area contributed by atoms with Gasteiger partial charge in [-0.2, -0.15) is 11.8 Å². The van der Waals surface area contributed by atoms with Crippen molar-refractivity contribution in [2.45, 2.75) is 25.1 Å². The highest BCUT2D eigenvalue weighted by Gasteiger charge is 2.16. The third-order valence-corrected chi connectivity index (χ3v) is 5.46. The molecule has 0 aliphatic rings. The van der Waals surface area contributed by atoms with E-state index in [0.29, 0.717) is 0 Å². The molecule has 0 unspecified atom stereocenters. The Morgan fingerprint density at radius 3 is 2.72 bits per heavy atom. The minimum atomic E-state index is 0.212. The minimum Gasteiger partial charge on any atom is -0.355 e. The molecule has 0 radical (unpaired) electrons. The van der Waals surface area contributed by atoms with Gasteiger partial charge in [0.25, 0.3) is 0 Å².